The van der Waals surface area contributed by atoms with Crippen molar-refractivity contribution < 1.29 is 23.2 Å². The maximum absolute atomic E-state index is 13.4. The molecule has 3 N–H and O–H groups in total. The number of fused-ring (bicyclic) bond motifs is 1. The molecule has 2 aliphatic heterocycles. The second-order valence-corrected chi connectivity index (χ2v) is 11.4. The molecule has 4 rings (SSSR count). The summed E-state index contributed by atoms with van der Waals surface area (Å²) in [6.45, 7) is 10.5. The zero-order valence-electron chi connectivity index (χ0n) is 21.6. The predicted octanol–water partition coefficient (Wildman–Crippen LogP) is 2.56. The van der Waals surface area contributed by atoms with Crippen molar-refractivity contribution in [2.75, 3.05) is 39.2 Å². The van der Waals surface area contributed by atoms with Gasteiger partial charge in [-0.25, -0.2) is 23.8 Å². The number of aromatic nitrogens is 3. The molecule has 2 aromatic heterocycles. The maximum Gasteiger partial charge on any atom is 0.354 e. The second kappa shape index (κ2) is 10.3. The van der Waals surface area contributed by atoms with E-state index in [9.17, 15) is 9.00 Å². The van der Waals surface area contributed by atoms with Crippen LogP contribution in [0.4, 0.5) is 10.5 Å². The first kappa shape index (κ1) is 26.3. The molecule has 12 nitrogen and oxygen atoms in total. The number of hydrogen-bond acceptors (Lipinski definition) is 8. The number of urea groups is 1. The second-order valence-electron chi connectivity index (χ2n) is 9.69. The van der Waals surface area contributed by atoms with E-state index in [0.29, 0.717) is 30.4 Å². The molecule has 0 aliphatic carbocycles. The molecule has 4 heterocycles. The Kier molecular flexibility index (Phi) is 7.55. The molecule has 2 amide bonds. The lowest BCUT2D eigenvalue weighted by Crippen LogP contribution is -2.59. The zero-order chi connectivity index (χ0) is 26.2. The lowest BCUT2D eigenvalue weighted by atomic mass is 9.97. The molecular formula is C23H35N7O5S. The Bertz CT molecular complexity index is 1220. The smallest absolute Gasteiger partial charge is 0.354 e. The number of nitrogens with two attached hydrogens (primary N) is 1. The molecule has 0 aromatic carbocycles. The Labute approximate surface area is 211 Å². The summed E-state index contributed by atoms with van der Waals surface area (Å²) in [5, 5.41) is 13.1. The summed E-state index contributed by atoms with van der Waals surface area (Å²) in [6, 6.07) is 1.06. The van der Waals surface area contributed by atoms with Gasteiger partial charge in [-0.2, -0.15) is 5.10 Å². The zero-order valence-corrected chi connectivity index (χ0v) is 22.4. The third-order valence-electron chi connectivity index (χ3n) is 6.48. The summed E-state index contributed by atoms with van der Waals surface area (Å²) in [5.74, 6) is 0.783. The molecule has 1 saturated heterocycles. The van der Waals surface area contributed by atoms with Crippen molar-refractivity contribution in [3.63, 3.8) is 0 Å². The normalized spacial score (nSPS) is 19.9. The first-order valence-electron chi connectivity index (χ1n) is 11.9. The molecule has 0 spiro atoms. The minimum atomic E-state index is -3.62. The molecule has 198 valence electrons. The van der Waals surface area contributed by atoms with Gasteiger partial charge >= 0.3 is 6.03 Å². The fraction of sp³-hybridized carbons (Fsp3) is 0.609. The third kappa shape index (κ3) is 5.19. The predicted molar refractivity (Wildman–Crippen MR) is 135 cm³/mol. The van der Waals surface area contributed by atoms with E-state index in [4.69, 9.17) is 19.3 Å². The van der Waals surface area contributed by atoms with E-state index in [2.05, 4.69) is 24.7 Å². The number of likely N-dealkylation sites (tertiary alicyclic amines) is 1. The Morgan fingerprint density at radius 1 is 1.25 bits per heavy atom. The van der Waals surface area contributed by atoms with Crippen LogP contribution >= 0.6 is 0 Å². The van der Waals surface area contributed by atoms with E-state index in [1.165, 1.54) is 6.20 Å². The highest BCUT2D eigenvalue weighted by Gasteiger charge is 2.37. The monoisotopic (exact) mass is 521 g/mol. The van der Waals surface area contributed by atoms with Crippen molar-refractivity contribution >= 4 is 21.6 Å². The molecule has 0 bridgehead atoms. The van der Waals surface area contributed by atoms with Crippen LogP contribution in [0.25, 0.3) is 0 Å². The van der Waals surface area contributed by atoms with E-state index in [-0.39, 0.29) is 34.8 Å². The fourth-order valence-corrected chi connectivity index (χ4v) is 5.38. The standard InChI is InChI=1S/C23H35N7O5S/c1-13(2)17-7-19(34-6)26-20(14(3)4)21(17)27-23(31)28-36(24,32)18-8-25-30-9-15(12-35-22(18)30)29-10-16(11-29)33-5/h7-8,13-16H,9-12H2,1-6H3,(H3,24,27,28,31,32). The summed E-state index contributed by atoms with van der Waals surface area (Å²) in [4.78, 5) is 19.8. The number of anilines is 1. The van der Waals surface area contributed by atoms with E-state index >= 15 is 0 Å². The molecule has 0 saturated carbocycles. The van der Waals surface area contributed by atoms with Gasteiger partial charge in [0.05, 0.1) is 43.4 Å². The first-order valence-corrected chi connectivity index (χ1v) is 13.5. The van der Waals surface area contributed by atoms with Gasteiger partial charge in [-0.1, -0.05) is 27.7 Å². The number of carbonyl (C=O) groups excluding carboxylic acids is 1. The van der Waals surface area contributed by atoms with Gasteiger partial charge in [0.1, 0.15) is 11.5 Å². The van der Waals surface area contributed by atoms with Gasteiger partial charge in [0, 0.05) is 26.3 Å². The van der Waals surface area contributed by atoms with Crippen LogP contribution in [0.2, 0.25) is 0 Å². The molecular weight excluding hydrogens is 486 g/mol. The average Bonchev–Trinajstić information content (AvgIpc) is 3.22. The molecule has 2 aromatic rings. The summed E-state index contributed by atoms with van der Waals surface area (Å²) in [5.41, 5.74) is 1.99. The number of carbonyl (C=O) groups is 1. The molecule has 2 atom stereocenters. The van der Waals surface area contributed by atoms with Crippen molar-refractivity contribution in [2.45, 2.75) is 63.1 Å². The molecule has 0 radical (unpaired) electrons. The van der Waals surface area contributed by atoms with Crippen LogP contribution in [-0.4, -0.2) is 76.0 Å². The van der Waals surface area contributed by atoms with Crippen LogP contribution in [-0.2, 0) is 21.2 Å². The molecule has 2 aliphatic rings. The van der Waals surface area contributed by atoms with Crippen molar-refractivity contribution in [1.82, 2.24) is 19.7 Å². The highest BCUT2D eigenvalue weighted by molar-refractivity contribution is 7.91. The number of nitrogens with zero attached hydrogens (tertiary/aromatic N) is 5. The number of amides is 2. The minimum absolute atomic E-state index is 0.00949. The van der Waals surface area contributed by atoms with Gasteiger partial charge in [0.25, 0.3) is 0 Å². The third-order valence-corrected chi connectivity index (χ3v) is 7.83. The number of nitrogens with one attached hydrogen (secondary N) is 1. The maximum atomic E-state index is 13.4. The number of rotatable bonds is 7. The number of pyridine rings is 1. The van der Waals surface area contributed by atoms with Gasteiger partial charge in [-0.3, -0.25) is 4.90 Å². The van der Waals surface area contributed by atoms with Gasteiger partial charge in [0.15, 0.2) is 9.92 Å². The quantitative estimate of drug-likeness (QED) is 0.565. The van der Waals surface area contributed by atoms with Crippen LogP contribution in [0, 0.1) is 0 Å². The summed E-state index contributed by atoms with van der Waals surface area (Å²) >= 11 is 0. The Morgan fingerprint density at radius 2 is 1.97 bits per heavy atom. The largest absolute Gasteiger partial charge is 0.481 e. The first-order chi connectivity index (χ1) is 17.0. The van der Waals surface area contributed by atoms with Gasteiger partial charge < -0.3 is 19.5 Å². The van der Waals surface area contributed by atoms with Crippen LogP contribution in [0.5, 0.6) is 11.8 Å². The fourth-order valence-electron chi connectivity index (χ4n) is 4.37. The van der Waals surface area contributed by atoms with E-state index < -0.39 is 15.9 Å². The van der Waals surface area contributed by atoms with Crippen LogP contribution in [0.1, 0.15) is 50.8 Å². The topological polar surface area (TPSA) is 146 Å². The lowest BCUT2D eigenvalue weighted by molar-refractivity contribution is -0.0687. The highest BCUT2D eigenvalue weighted by Crippen LogP contribution is 2.34. The SMILES string of the molecule is COc1cc(C(C)C)c(NC(=O)N=S(N)(=O)c2cnn3c2OCC(N2CC(OC)C2)C3)c(C(C)C)n1. The Morgan fingerprint density at radius 3 is 2.58 bits per heavy atom. The minimum Gasteiger partial charge on any atom is -0.481 e. The van der Waals surface area contributed by atoms with Gasteiger partial charge in [-0.05, 0) is 17.4 Å². The van der Waals surface area contributed by atoms with Crippen LogP contribution in [0.3, 0.4) is 0 Å². The number of hydrogen-bond donors (Lipinski definition) is 2. The van der Waals surface area contributed by atoms with E-state index in [1.807, 2.05) is 27.7 Å². The molecule has 1 fully saturated rings. The summed E-state index contributed by atoms with van der Waals surface area (Å²) in [6.07, 6.45) is 1.59. The number of ether oxygens (including phenoxy) is 3. The van der Waals surface area contributed by atoms with Gasteiger partial charge in [-0.15, -0.1) is 4.36 Å². The molecule has 2 unspecified atom stereocenters. The summed E-state index contributed by atoms with van der Waals surface area (Å²) in [7, 11) is -0.375. The Balaban J connectivity index is 1.57. The van der Waals surface area contributed by atoms with E-state index in [1.54, 1.807) is 25.0 Å². The van der Waals surface area contributed by atoms with Crippen LogP contribution < -0.4 is 19.9 Å². The van der Waals surface area contributed by atoms with Crippen molar-refractivity contribution in [1.29, 1.82) is 0 Å². The van der Waals surface area contributed by atoms with Crippen molar-refractivity contribution in [3.05, 3.63) is 23.5 Å². The van der Waals surface area contributed by atoms with Crippen molar-refractivity contribution in [3.8, 4) is 11.8 Å². The molecule has 13 heteroatoms. The van der Waals surface area contributed by atoms with Crippen molar-refractivity contribution in [2.24, 2.45) is 9.50 Å². The average molecular weight is 522 g/mol. The molecule has 36 heavy (non-hydrogen) atoms. The van der Waals surface area contributed by atoms with E-state index in [0.717, 1.165) is 18.7 Å². The highest BCUT2D eigenvalue weighted by atomic mass is 32.2. The lowest BCUT2D eigenvalue weighted by Gasteiger charge is -2.44. The van der Waals surface area contributed by atoms with Gasteiger partial charge in [0.2, 0.25) is 11.8 Å². The number of methoxy groups -OCH3 is 2. The Hall–Kier alpha value is -2.74. The van der Waals surface area contributed by atoms with Crippen LogP contribution in [0.15, 0.2) is 21.5 Å². The summed E-state index contributed by atoms with van der Waals surface area (Å²) < 4.78 is 35.4.